The zero-order chi connectivity index (χ0) is 25.9. The van der Waals surface area contributed by atoms with Gasteiger partial charge in [-0.15, -0.1) is 0 Å². The highest BCUT2D eigenvalue weighted by Crippen LogP contribution is 2.47. The zero-order valence-corrected chi connectivity index (χ0v) is 20.7. The Morgan fingerprint density at radius 2 is 2.05 bits per heavy atom. The number of methoxy groups -OCH3 is 1. The van der Waals surface area contributed by atoms with Gasteiger partial charge in [0, 0.05) is 32.4 Å². The summed E-state index contributed by atoms with van der Waals surface area (Å²) >= 11 is 0. The number of ether oxygens (including phenoxy) is 4. The second-order valence-corrected chi connectivity index (χ2v) is 8.91. The third kappa shape index (κ3) is 4.89. The van der Waals surface area contributed by atoms with Crippen LogP contribution in [0.1, 0.15) is 30.1 Å². The third-order valence-electron chi connectivity index (χ3n) is 6.49. The molecule has 1 aromatic carbocycles. The van der Waals surface area contributed by atoms with Crippen LogP contribution < -0.4 is 19.5 Å². The van der Waals surface area contributed by atoms with Crippen molar-refractivity contribution in [3.63, 3.8) is 0 Å². The fourth-order valence-electron chi connectivity index (χ4n) is 4.61. The molecule has 1 atom stereocenters. The average molecular weight is 512 g/mol. The summed E-state index contributed by atoms with van der Waals surface area (Å²) < 4.78 is 22.3. The number of piperidine rings is 1. The second kappa shape index (κ2) is 10.6. The molecule has 0 unspecified atom stereocenters. The number of aliphatic hydroxyl groups excluding tert-OH is 1. The van der Waals surface area contributed by atoms with Gasteiger partial charge in [0.05, 0.1) is 23.3 Å². The van der Waals surface area contributed by atoms with Crippen LogP contribution in [0.4, 0.5) is 0 Å². The Kier molecular flexibility index (Phi) is 7.10. The van der Waals surface area contributed by atoms with Crippen LogP contribution in [0.15, 0.2) is 24.7 Å². The molecule has 1 saturated heterocycles. The quantitative estimate of drug-likeness (QED) is 0.383. The standard InChI is InChI=1S/C25H29N5O7/c1-14(31)25(33)30-7-5-15(6-8-30)29-24(32)16-11-26-22-20(16)27-12-28-21(22)19-17(35-10-9-34-2)3-4-18-23(19)37-13-36-18/h3-4,11-12,14-15,26,31H,5-10,13H2,1-2H3,(H,29,32)/t14-/m0/s1. The van der Waals surface area contributed by atoms with Gasteiger partial charge in [-0.3, -0.25) is 9.59 Å². The number of H-pyrrole nitrogens is 1. The Morgan fingerprint density at radius 1 is 1.24 bits per heavy atom. The number of carbonyl (C=O) groups is 2. The van der Waals surface area contributed by atoms with E-state index in [0.29, 0.717) is 84.2 Å². The molecule has 37 heavy (non-hydrogen) atoms. The summed E-state index contributed by atoms with van der Waals surface area (Å²) in [6.07, 6.45) is 3.18. The summed E-state index contributed by atoms with van der Waals surface area (Å²) in [6, 6.07) is 3.47. The van der Waals surface area contributed by atoms with Crippen molar-refractivity contribution in [2.45, 2.75) is 31.9 Å². The van der Waals surface area contributed by atoms with Crippen molar-refractivity contribution in [1.29, 1.82) is 0 Å². The molecule has 12 heteroatoms. The van der Waals surface area contributed by atoms with Crippen LogP contribution in [0.5, 0.6) is 17.2 Å². The molecule has 0 saturated carbocycles. The smallest absolute Gasteiger partial charge is 0.255 e. The predicted octanol–water partition coefficient (Wildman–Crippen LogP) is 1.48. The number of benzene rings is 1. The van der Waals surface area contributed by atoms with Gasteiger partial charge in [0.2, 0.25) is 6.79 Å². The van der Waals surface area contributed by atoms with Crippen molar-refractivity contribution in [1.82, 2.24) is 25.2 Å². The molecule has 0 spiro atoms. The maximum Gasteiger partial charge on any atom is 0.255 e. The minimum absolute atomic E-state index is 0.0814. The fraction of sp³-hybridized carbons (Fsp3) is 0.440. The molecule has 5 rings (SSSR count). The number of aromatic nitrogens is 3. The molecule has 196 valence electrons. The summed E-state index contributed by atoms with van der Waals surface area (Å²) in [5.41, 5.74) is 2.52. The number of nitrogens with zero attached hydrogens (tertiary/aromatic N) is 3. The van der Waals surface area contributed by atoms with Crippen LogP contribution in [0, 0.1) is 0 Å². The van der Waals surface area contributed by atoms with Gasteiger partial charge in [-0.1, -0.05) is 0 Å². The van der Waals surface area contributed by atoms with Crippen LogP contribution >= 0.6 is 0 Å². The Hall–Kier alpha value is -3.90. The fourth-order valence-corrected chi connectivity index (χ4v) is 4.61. The average Bonchev–Trinajstić information content (AvgIpc) is 3.56. The molecule has 0 aliphatic carbocycles. The Balaban J connectivity index is 1.40. The van der Waals surface area contributed by atoms with E-state index in [4.69, 9.17) is 18.9 Å². The van der Waals surface area contributed by atoms with Crippen LogP contribution in [-0.2, 0) is 9.53 Å². The van der Waals surface area contributed by atoms with Crippen molar-refractivity contribution in [3.05, 3.63) is 30.2 Å². The van der Waals surface area contributed by atoms with Gasteiger partial charge in [-0.2, -0.15) is 0 Å². The summed E-state index contributed by atoms with van der Waals surface area (Å²) in [4.78, 5) is 38.8. The Labute approximate surface area is 212 Å². The predicted molar refractivity (Wildman–Crippen MR) is 132 cm³/mol. The number of aromatic amines is 1. The molecule has 0 bridgehead atoms. The number of amides is 2. The molecular formula is C25H29N5O7. The van der Waals surface area contributed by atoms with Crippen molar-refractivity contribution < 1.29 is 33.6 Å². The van der Waals surface area contributed by atoms with E-state index in [9.17, 15) is 14.7 Å². The molecule has 2 aliphatic rings. The van der Waals surface area contributed by atoms with Crippen LogP contribution in [0.2, 0.25) is 0 Å². The number of nitrogens with one attached hydrogen (secondary N) is 2. The van der Waals surface area contributed by atoms with Gasteiger partial charge in [0.25, 0.3) is 11.8 Å². The monoisotopic (exact) mass is 511 g/mol. The highest BCUT2D eigenvalue weighted by molar-refractivity contribution is 6.08. The maximum atomic E-state index is 13.2. The number of aliphatic hydroxyl groups is 1. The van der Waals surface area contributed by atoms with Crippen LogP contribution in [-0.4, -0.2) is 89.1 Å². The largest absolute Gasteiger partial charge is 0.490 e. The molecule has 4 heterocycles. The van der Waals surface area contributed by atoms with Gasteiger partial charge < -0.3 is 39.3 Å². The molecule has 0 radical (unpaired) electrons. The van der Waals surface area contributed by atoms with Crippen molar-refractivity contribution in [2.24, 2.45) is 0 Å². The maximum absolute atomic E-state index is 13.2. The molecular weight excluding hydrogens is 482 g/mol. The molecule has 1 fully saturated rings. The summed E-state index contributed by atoms with van der Waals surface area (Å²) in [5, 5.41) is 12.6. The van der Waals surface area contributed by atoms with E-state index in [1.165, 1.54) is 13.3 Å². The van der Waals surface area contributed by atoms with E-state index in [0.717, 1.165) is 0 Å². The SMILES string of the molecule is COCCOc1ccc2c(c1-c1ncnc3c(C(=O)NC4CCN(C(=O)[C@H](C)O)CC4)c[nH]c13)OCO2. The first-order valence-electron chi connectivity index (χ1n) is 12.1. The number of rotatable bonds is 8. The highest BCUT2D eigenvalue weighted by atomic mass is 16.7. The Bertz CT molecular complexity index is 1300. The first-order valence-corrected chi connectivity index (χ1v) is 12.1. The molecule has 2 aliphatic heterocycles. The molecule has 2 amide bonds. The molecule has 3 aromatic rings. The van der Waals surface area contributed by atoms with Gasteiger partial charge in [-0.05, 0) is 31.9 Å². The molecule has 3 N–H and O–H groups in total. The summed E-state index contributed by atoms with van der Waals surface area (Å²) in [6.45, 7) is 3.23. The first kappa shape index (κ1) is 24.8. The van der Waals surface area contributed by atoms with Crippen LogP contribution in [0.25, 0.3) is 22.3 Å². The number of fused-ring (bicyclic) bond motifs is 2. The topological polar surface area (TPSA) is 148 Å². The van der Waals surface area contributed by atoms with Crippen molar-refractivity contribution in [3.8, 4) is 28.5 Å². The zero-order valence-electron chi connectivity index (χ0n) is 20.7. The van der Waals surface area contributed by atoms with Gasteiger partial charge >= 0.3 is 0 Å². The first-order chi connectivity index (χ1) is 18.0. The van der Waals surface area contributed by atoms with Crippen molar-refractivity contribution >= 4 is 22.8 Å². The number of carbonyl (C=O) groups excluding carboxylic acids is 2. The van der Waals surface area contributed by atoms with E-state index >= 15 is 0 Å². The van der Waals surface area contributed by atoms with E-state index in [1.54, 1.807) is 30.3 Å². The minimum Gasteiger partial charge on any atom is -0.490 e. The lowest BCUT2D eigenvalue weighted by molar-refractivity contribution is -0.140. The second-order valence-electron chi connectivity index (χ2n) is 8.91. The van der Waals surface area contributed by atoms with Gasteiger partial charge in [0.1, 0.15) is 36.0 Å². The lowest BCUT2D eigenvalue weighted by atomic mass is 10.0. The summed E-state index contributed by atoms with van der Waals surface area (Å²) in [5.74, 6) is 1.06. The van der Waals surface area contributed by atoms with E-state index < -0.39 is 6.10 Å². The number of hydrogen-bond acceptors (Lipinski definition) is 9. The number of hydrogen-bond donors (Lipinski definition) is 3. The van der Waals surface area contributed by atoms with Crippen LogP contribution in [0.3, 0.4) is 0 Å². The third-order valence-corrected chi connectivity index (χ3v) is 6.49. The Morgan fingerprint density at radius 3 is 2.81 bits per heavy atom. The molecule has 12 nitrogen and oxygen atoms in total. The normalized spacial score (nSPS) is 16.1. The van der Waals surface area contributed by atoms with E-state index in [1.807, 2.05) is 0 Å². The lowest BCUT2D eigenvalue weighted by Crippen LogP contribution is -2.48. The molecule has 2 aromatic heterocycles. The highest BCUT2D eigenvalue weighted by Gasteiger charge is 2.29. The van der Waals surface area contributed by atoms with E-state index in [2.05, 4.69) is 20.3 Å². The number of likely N-dealkylation sites (tertiary alicyclic amines) is 1. The lowest BCUT2D eigenvalue weighted by Gasteiger charge is -2.33. The van der Waals surface area contributed by atoms with Gasteiger partial charge in [-0.25, -0.2) is 9.97 Å². The minimum atomic E-state index is -1.03. The van der Waals surface area contributed by atoms with E-state index in [-0.39, 0.29) is 24.6 Å². The van der Waals surface area contributed by atoms with Crippen molar-refractivity contribution in [2.75, 3.05) is 40.2 Å². The summed E-state index contributed by atoms with van der Waals surface area (Å²) in [7, 11) is 1.60. The van der Waals surface area contributed by atoms with Gasteiger partial charge in [0.15, 0.2) is 11.5 Å².